The van der Waals surface area contributed by atoms with Crippen LogP contribution in [0.3, 0.4) is 0 Å². The highest BCUT2D eigenvalue weighted by Gasteiger charge is 2.19. The van der Waals surface area contributed by atoms with E-state index in [2.05, 4.69) is 0 Å². The average molecular weight is 406 g/mol. The zero-order chi connectivity index (χ0) is 21.8. The van der Waals surface area contributed by atoms with E-state index in [1.165, 1.54) is 48.5 Å². The lowest BCUT2D eigenvalue weighted by molar-refractivity contribution is -0.0171. The second kappa shape index (κ2) is 11.8. The number of carbonyl (C=O) groups is 4. The summed E-state index contributed by atoms with van der Waals surface area (Å²) in [6.07, 6.45) is 0. The number of hydrogen-bond acceptors (Lipinski definition) is 8. The summed E-state index contributed by atoms with van der Waals surface area (Å²) in [5, 5.41) is 33.3. The Kier molecular flexibility index (Phi) is 9.51. The summed E-state index contributed by atoms with van der Waals surface area (Å²) in [7, 11) is 0. The molecule has 0 spiro atoms. The molecule has 0 fully saturated rings. The van der Waals surface area contributed by atoms with Crippen LogP contribution in [0.4, 0.5) is 0 Å². The molecule has 0 radical (unpaired) electrons. The normalized spacial score (nSPS) is 9.59. The number of carbonyl (C=O) groups excluding carboxylic acids is 2. The Hall–Kier alpha value is -3.76. The van der Waals surface area contributed by atoms with E-state index in [1.807, 2.05) is 0 Å². The van der Waals surface area contributed by atoms with Gasteiger partial charge in [-0.05, 0) is 24.3 Å². The molecular weight excluding hydrogens is 388 g/mol. The van der Waals surface area contributed by atoms with Crippen molar-refractivity contribution in [2.24, 2.45) is 0 Å². The average Bonchev–Trinajstić information content (AvgIpc) is 2.73. The van der Waals surface area contributed by atoms with Gasteiger partial charge in [-0.25, -0.2) is 19.2 Å². The van der Waals surface area contributed by atoms with E-state index in [1.54, 1.807) is 0 Å². The number of esters is 2. The predicted molar refractivity (Wildman–Crippen MR) is 96.7 cm³/mol. The van der Waals surface area contributed by atoms with E-state index < -0.39 is 30.7 Å². The van der Waals surface area contributed by atoms with Crippen molar-refractivity contribution >= 4 is 23.9 Å². The van der Waals surface area contributed by atoms with Gasteiger partial charge >= 0.3 is 23.9 Å². The van der Waals surface area contributed by atoms with Gasteiger partial charge in [0.05, 0.1) is 35.5 Å². The highest BCUT2D eigenvalue weighted by Crippen LogP contribution is 2.12. The summed E-state index contributed by atoms with van der Waals surface area (Å²) >= 11 is 0. The number of rotatable bonds is 7. The van der Waals surface area contributed by atoms with Gasteiger partial charge < -0.3 is 29.9 Å². The molecule has 0 atom stereocenters. The van der Waals surface area contributed by atoms with Gasteiger partial charge in [-0.1, -0.05) is 24.3 Å². The van der Waals surface area contributed by atoms with Gasteiger partial charge in [-0.2, -0.15) is 0 Å². The van der Waals surface area contributed by atoms with Crippen LogP contribution in [0.25, 0.3) is 0 Å². The first-order chi connectivity index (χ1) is 13.8. The molecule has 2 aromatic carbocycles. The number of aliphatic hydroxyl groups is 2. The molecule has 0 unspecified atom stereocenters. The Morgan fingerprint density at radius 2 is 0.931 bits per heavy atom. The van der Waals surface area contributed by atoms with Crippen molar-refractivity contribution in [1.29, 1.82) is 0 Å². The number of aliphatic hydroxyl groups excluding tert-OH is 2. The van der Waals surface area contributed by atoms with Gasteiger partial charge in [0.2, 0.25) is 6.79 Å². The lowest BCUT2D eigenvalue weighted by Crippen LogP contribution is -2.17. The molecule has 0 aromatic heterocycles. The van der Waals surface area contributed by atoms with Crippen LogP contribution in [-0.4, -0.2) is 64.3 Å². The fourth-order valence-electron chi connectivity index (χ4n) is 1.99. The van der Waals surface area contributed by atoms with Crippen LogP contribution in [0.15, 0.2) is 48.5 Å². The third-order valence-electron chi connectivity index (χ3n) is 3.23. The summed E-state index contributed by atoms with van der Waals surface area (Å²) < 4.78 is 9.44. The molecule has 2 aromatic rings. The minimum atomic E-state index is -1.31. The molecule has 10 heteroatoms. The Morgan fingerprint density at radius 3 is 1.21 bits per heavy atom. The van der Waals surface area contributed by atoms with Crippen LogP contribution in [0.5, 0.6) is 0 Å². The summed E-state index contributed by atoms with van der Waals surface area (Å²) in [5.74, 6) is -4.59. The van der Waals surface area contributed by atoms with Crippen LogP contribution < -0.4 is 0 Å². The van der Waals surface area contributed by atoms with Crippen molar-refractivity contribution in [2.45, 2.75) is 0 Å². The molecule has 154 valence electrons. The third-order valence-corrected chi connectivity index (χ3v) is 3.23. The standard InChI is InChI=1S/C17H12O8.C2H6O2/c18-14(19)10-5-1-3-7-12(10)16(22)24-9-25-17(23)13-8-4-2-6-11(13)15(20)21;3-1-2-4/h1-8H,9H2,(H,18,19)(H,20,21);3-4H,1-2H2. The van der Waals surface area contributed by atoms with Crippen LogP contribution in [0, 0.1) is 0 Å². The summed E-state index contributed by atoms with van der Waals surface area (Å²) in [6.45, 7) is -1.04. The van der Waals surface area contributed by atoms with Crippen LogP contribution >= 0.6 is 0 Å². The maximum atomic E-state index is 11.9. The van der Waals surface area contributed by atoms with Gasteiger partial charge in [0.1, 0.15) is 0 Å². The molecule has 4 N–H and O–H groups in total. The lowest BCUT2D eigenvalue weighted by atomic mass is 10.1. The van der Waals surface area contributed by atoms with Gasteiger partial charge in [0, 0.05) is 0 Å². The second-order valence-corrected chi connectivity index (χ2v) is 5.13. The summed E-state index contributed by atoms with van der Waals surface area (Å²) in [6, 6.07) is 10.8. The first-order valence-electron chi connectivity index (χ1n) is 8.04. The van der Waals surface area contributed by atoms with Crippen molar-refractivity contribution < 1.29 is 49.1 Å². The van der Waals surface area contributed by atoms with E-state index in [0.29, 0.717) is 0 Å². The Bertz CT molecular complexity index is 803. The molecule has 0 heterocycles. The molecule has 0 aliphatic heterocycles. The van der Waals surface area contributed by atoms with Crippen LogP contribution in [0.1, 0.15) is 41.4 Å². The summed E-state index contributed by atoms with van der Waals surface area (Å²) in [5.41, 5.74) is -0.904. The van der Waals surface area contributed by atoms with E-state index in [4.69, 9.17) is 29.9 Å². The smallest absolute Gasteiger partial charge is 0.341 e. The SMILES string of the molecule is O=C(O)c1ccccc1C(=O)OCOC(=O)c1ccccc1C(=O)O.OCCO. The molecule has 0 amide bonds. The van der Waals surface area contributed by atoms with Crippen molar-refractivity contribution in [3.05, 3.63) is 70.8 Å². The third kappa shape index (κ3) is 7.05. The van der Waals surface area contributed by atoms with Gasteiger partial charge in [-0.15, -0.1) is 0 Å². The fourth-order valence-corrected chi connectivity index (χ4v) is 1.99. The largest absolute Gasteiger partial charge is 0.478 e. The van der Waals surface area contributed by atoms with Crippen molar-refractivity contribution in [1.82, 2.24) is 0 Å². The van der Waals surface area contributed by atoms with Crippen LogP contribution in [0.2, 0.25) is 0 Å². The Labute approximate surface area is 164 Å². The number of hydrogen-bond donors (Lipinski definition) is 4. The number of carboxylic acid groups (broad SMARTS) is 2. The molecule has 0 bridgehead atoms. The minimum Gasteiger partial charge on any atom is -0.478 e. The zero-order valence-corrected chi connectivity index (χ0v) is 15.0. The molecular formula is C19H18O10. The number of carboxylic acids is 2. The van der Waals surface area contributed by atoms with E-state index in [9.17, 15) is 19.2 Å². The number of benzene rings is 2. The second-order valence-electron chi connectivity index (χ2n) is 5.13. The van der Waals surface area contributed by atoms with Gasteiger partial charge in [0.15, 0.2) is 0 Å². The van der Waals surface area contributed by atoms with Crippen molar-refractivity contribution in [3.63, 3.8) is 0 Å². The molecule has 10 nitrogen and oxygen atoms in total. The topological polar surface area (TPSA) is 168 Å². The fraction of sp³-hybridized carbons (Fsp3) is 0.158. The zero-order valence-electron chi connectivity index (χ0n) is 15.0. The first-order valence-corrected chi connectivity index (χ1v) is 8.04. The van der Waals surface area contributed by atoms with Crippen molar-refractivity contribution in [2.75, 3.05) is 20.0 Å². The van der Waals surface area contributed by atoms with Crippen LogP contribution in [-0.2, 0) is 9.47 Å². The molecule has 29 heavy (non-hydrogen) atoms. The van der Waals surface area contributed by atoms with Crippen molar-refractivity contribution in [3.8, 4) is 0 Å². The lowest BCUT2D eigenvalue weighted by Gasteiger charge is -2.09. The monoisotopic (exact) mass is 406 g/mol. The highest BCUT2D eigenvalue weighted by atomic mass is 16.7. The molecule has 0 aliphatic rings. The van der Waals surface area contributed by atoms with Gasteiger partial charge in [-0.3, -0.25) is 0 Å². The maximum absolute atomic E-state index is 11.9. The predicted octanol–water partition coefficient (Wildman–Crippen LogP) is 1.03. The molecule has 0 saturated carbocycles. The minimum absolute atomic E-state index is 0.125. The molecule has 0 saturated heterocycles. The van der Waals surface area contributed by atoms with Gasteiger partial charge in [0.25, 0.3) is 0 Å². The highest BCUT2D eigenvalue weighted by molar-refractivity contribution is 6.03. The Balaban J connectivity index is 0.000000960. The summed E-state index contributed by atoms with van der Waals surface area (Å²) in [4.78, 5) is 45.9. The van der Waals surface area contributed by atoms with E-state index >= 15 is 0 Å². The number of ether oxygens (including phenoxy) is 2. The van der Waals surface area contributed by atoms with E-state index in [-0.39, 0.29) is 35.5 Å². The Morgan fingerprint density at radius 1 is 0.621 bits per heavy atom. The molecule has 2 rings (SSSR count). The molecule has 0 aliphatic carbocycles. The first kappa shape index (κ1) is 23.3. The number of aromatic carboxylic acids is 2. The maximum Gasteiger partial charge on any atom is 0.341 e. The van der Waals surface area contributed by atoms with E-state index in [0.717, 1.165) is 0 Å². The quantitative estimate of drug-likeness (QED) is 0.385.